The maximum absolute atomic E-state index is 8.44. The topological polar surface area (TPSA) is 118 Å². The molecule has 0 aromatic rings. The maximum atomic E-state index is 8.44. The van der Waals surface area contributed by atoms with Crippen LogP contribution in [0.2, 0.25) is 0 Å². The Bertz CT molecular complexity index is 1800. The van der Waals surface area contributed by atoms with Crippen LogP contribution < -0.4 is 0 Å². The summed E-state index contributed by atoms with van der Waals surface area (Å²) in [7, 11) is -17.2. The Labute approximate surface area is 744 Å². The van der Waals surface area contributed by atoms with Crippen LogP contribution in [-0.2, 0) is 0 Å². The van der Waals surface area contributed by atoms with Crippen LogP contribution in [-0.4, -0.2) is 219 Å². The molecule has 0 amide bonds. The molecule has 0 rings (SSSR count). The second kappa shape index (κ2) is 78.8. The Hall–Kier alpha value is 0.830. The molecule has 17 nitrogen and oxygen atoms in total. The summed E-state index contributed by atoms with van der Waals surface area (Å²) in [5, 5.41) is 0. The average Bonchev–Trinajstić information content (AvgIpc) is 0.704. The first-order valence-electron chi connectivity index (χ1n) is 52.6. The molecule has 0 unspecified atom stereocenters. The van der Waals surface area contributed by atoms with E-state index in [0.717, 1.165) is 465 Å². The Morgan fingerprint density at radius 1 is 0.127 bits per heavy atom. The fourth-order valence-corrected chi connectivity index (χ4v) is 43.8. The lowest BCUT2D eigenvalue weighted by atomic mass is 10.3. The van der Waals surface area contributed by atoms with Gasteiger partial charge in [-0.25, -0.2) is 56.0 Å². The number of nitrogens with zero attached hydrogens (tertiary/aromatic N) is 16. The van der Waals surface area contributed by atoms with Gasteiger partial charge >= 0.3 is 7.87 Å². The van der Waals surface area contributed by atoms with E-state index in [-0.39, 0.29) is 5.48 Å². The van der Waals surface area contributed by atoms with Crippen molar-refractivity contribution in [2.45, 2.75) is 474 Å². The molecule has 0 aliphatic heterocycles. The zero-order valence-corrected chi connectivity index (χ0v) is 89.2. The third-order valence-corrected chi connectivity index (χ3v) is 45.6. The number of hydrogen-bond donors (Lipinski definition) is 0. The van der Waals surface area contributed by atoms with Gasteiger partial charge in [0.05, 0.1) is 0 Å². The number of hydrogen-bond acceptors (Lipinski definition) is 5. The van der Waals surface area contributed by atoms with E-state index in [0.29, 0.717) is 0 Å². The quantitative estimate of drug-likeness (QED) is 0.0538. The van der Waals surface area contributed by atoms with Crippen LogP contribution in [0.3, 0.4) is 0 Å². The summed E-state index contributed by atoms with van der Waals surface area (Å²) in [6, 6.07) is 0. The largest absolute Gasteiger partial charge is 0.870 e. The third-order valence-electron chi connectivity index (χ3n) is 24.0. The average molecular weight is 1770 g/mol. The minimum atomic E-state index is -4.20. The van der Waals surface area contributed by atoms with Crippen LogP contribution in [0.15, 0.2) is 18.1 Å². The Morgan fingerprint density at radius 2 is 0.186 bits per heavy atom. The Kier molecular flexibility index (Phi) is 80.8. The lowest BCUT2D eigenvalue weighted by Crippen LogP contribution is -2.45. The molecule has 0 aliphatic carbocycles. The summed E-state index contributed by atoms with van der Waals surface area (Å²) >= 11 is 0. The predicted octanol–water partition coefficient (Wildman–Crippen LogP) is 33.1. The smallest absolute Gasteiger partial charge is 0.502 e. The molecule has 0 aromatic carbocycles. The predicted molar refractivity (Wildman–Crippen MR) is 543 cm³/mol. The monoisotopic (exact) mass is 1770 g/mol. The summed E-state index contributed by atoms with van der Waals surface area (Å²) in [5.41, 5.74) is 0. The van der Waals surface area contributed by atoms with E-state index in [4.69, 9.17) is 18.1 Å². The summed E-state index contributed by atoms with van der Waals surface area (Å²) in [6.45, 7) is 85.0. The van der Waals surface area contributed by atoms with Crippen molar-refractivity contribution in [3.8, 4) is 0 Å². The standard InChI is InChI=1S/C96H216N16P5.H2O/c1-25-49-73-101(74-50-26-2)114(102(75-51-27-3)76-52-28-4,103(77-53-29-5)78-54-30-6)97-113(98-115(104(79-55-31-7)80-56-32-8,105(81-57-33-9)82-58-34-10)106(83-59-35-11)84-60-36-12,99-116(107(85-61-37-13)86-62-38-14,108(87-63-39-15)88-64-40-16)109(89-65-41-17)90-66-42-18)100-117(110(91-67-43-19)92-68-44-20,111(93-69-45-21)94-70-46-22)112(95-71-47-23)96-72-48-24;/h25-96H2,1-24H3;1H2/q+1;/p-1. The van der Waals surface area contributed by atoms with E-state index in [1.807, 2.05) is 0 Å². The van der Waals surface area contributed by atoms with Crippen LogP contribution in [0, 0.1) is 0 Å². The lowest BCUT2D eigenvalue weighted by molar-refractivity contribution is 0.289. The molecular weight excluding hydrogens is 1550 g/mol. The van der Waals surface area contributed by atoms with Gasteiger partial charge in [0.1, 0.15) is 0 Å². The van der Waals surface area contributed by atoms with E-state index < -0.39 is 37.9 Å². The van der Waals surface area contributed by atoms with Crippen LogP contribution in [0.25, 0.3) is 0 Å². The number of rotatable bonds is 88. The van der Waals surface area contributed by atoms with Crippen molar-refractivity contribution >= 4 is 37.9 Å². The Balaban J connectivity index is 0. The van der Waals surface area contributed by atoms with Crippen molar-refractivity contribution in [3.63, 3.8) is 0 Å². The van der Waals surface area contributed by atoms with Crippen molar-refractivity contribution < 1.29 is 5.48 Å². The highest BCUT2D eigenvalue weighted by Gasteiger charge is 2.62. The highest BCUT2D eigenvalue weighted by molar-refractivity contribution is 7.88. The van der Waals surface area contributed by atoms with Gasteiger partial charge in [-0.05, 0) is 172 Å². The fourth-order valence-electron chi connectivity index (χ4n) is 16.3. The molecule has 0 spiro atoms. The van der Waals surface area contributed by atoms with Gasteiger partial charge in [-0.1, -0.05) is 320 Å². The van der Waals surface area contributed by atoms with Crippen molar-refractivity contribution in [2.24, 2.45) is 18.1 Å². The third kappa shape index (κ3) is 42.2. The van der Waals surface area contributed by atoms with Gasteiger partial charge in [-0.2, -0.15) is 0 Å². The van der Waals surface area contributed by atoms with Crippen LogP contribution in [0.1, 0.15) is 474 Å². The van der Waals surface area contributed by atoms with Gasteiger partial charge in [0.15, 0.2) is 0 Å². The summed E-state index contributed by atoms with van der Waals surface area (Å²) < 4.78 is 73.0. The molecule has 1 N–H and O–H groups in total. The lowest BCUT2D eigenvalue weighted by Gasteiger charge is -2.52. The van der Waals surface area contributed by atoms with Crippen LogP contribution in [0.4, 0.5) is 0 Å². The molecule has 0 bridgehead atoms. The van der Waals surface area contributed by atoms with Gasteiger partial charge in [0, 0.05) is 157 Å². The van der Waals surface area contributed by atoms with Gasteiger partial charge < -0.3 is 5.48 Å². The highest BCUT2D eigenvalue weighted by Crippen LogP contribution is 2.88. The summed E-state index contributed by atoms with van der Waals surface area (Å²) in [6.07, 6.45) is 55.2. The molecule has 0 heterocycles. The first kappa shape index (κ1) is 121. The molecule has 0 atom stereocenters. The summed E-state index contributed by atoms with van der Waals surface area (Å²) in [4.78, 5) is 0. The van der Waals surface area contributed by atoms with Crippen molar-refractivity contribution in [1.29, 1.82) is 0 Å². The Morgan fingerprint density at radius 3 is 0.237 bits per heavy atom. The first-order chi connectivity index (χ1) is 57.1. The van der Waals surface area contributed by atoms with Gasteiger partial charge in [-0.15, -0.1) is 0 Å². The van der Waals surface area contributed by atoms with Crippen molar-refractivity contribution in [1.82, 2.24) is 56.0 Å². The fraction of sp³-hybridized carbons (Fsp3) is 1.00. The molecule has 0 aromatic heterocycles. The molecule has 0 saturated heterocycles. The second-order valence-corrected chi connectivity index (χ2v) is 50.0. The molecule has 712 valence electrons. The highest BCUT2D eigenvalue weighted by atomic mass is 31.3. The summed E-state index contributed by atoms with van der Waals surface area (Å²) in [5.74, 6) is 0. The zero-order valence-electron chi connectivity index (χ0n) is 84.8. The van der Waals surface area contributed by atoms with Crippen molar-refractivity contribution in [3.05, 3.63) is 0 Å². The van der Waals surface area contributed by atoms with Crippen molar-refractivity contribution in [2.75, 3.05) is 157 Å². The van der Waals surface area contributed by atoms with E-state index >= 15 is 0 Å². The van der Waals surface area contributed by atoms with Gasteiger partial charge in [0.2, 0.25) is 30.0 Å². The van der Waals surface area contributed by atoms with E-state index in [9.17, 15) is 0 Å². The molecular formula is C96H217N16OP5. The van der Waals surface area contributed by atoms with Crippen LogP contribution >= 0.6 is 37.9 Å². The van der Waals surface area contributed by atoms with E-state index in [1.165, 1.54) is 0 Å². The SMILES string of the molecule is CCCCN(CCCC)P(=N[P+](N=P(N(CCCC)CCCC)(N(CCCC)CCCC)N(CCCC)CCCC)(N=P(N(CCCC)CCCC)(N(CCCC)CCCC)N(CCCC)CCCC)N=P(N(CCCC)CCCC)(N(CCCC)CCCC)N(CCCC)CCCC)(N(CCCC)CCCC)N(CCCC)CCCC.[OH-]. The second-order valence-electron chi connectivity index (χ2n) is 35.0. The van der Waals surface area contributed by atoms with Crippen LogP contribution in [0.5, 0.6) is 0 Å². The minimum Gasteiger partial charge on any atom is -0.870 e. The molecule has 0 saturated carbocycles. The molecule has 0 radical (unpaired) electrons. The maximum Gasteiger partial charge on any atom is 0.502 e. The van der Waals surface area contributed by atoms with Gasteiger partial charge in [-0.3, -0.25) is 0 Å². The van der Waals surface area contributed by atoms with Gasteiger partial charge in [0.25, 0.3) is 0 Å². The normalized spacial score (nSPS) is 13.0. The number of unbranched alkanes of at least 4 members (excludes halogenated alkanes) is 24. The molecule has 22 heteroatoms. The first-order valence-corrected chi connectivity index (χ1v) is 60.6. The molecule has 0 fully saturated rings. The minimum absolute atomic E-state index is 0. The molecule has 0 aliphatic rings. The van der Waals surface area contributed by atoms with E-state index in [1.54, 1.807) is 0 Å². The molecule has 118 heavy (non-hydrogen) atoms. The zero-order chi connectivity index (χ0) is 87.2. The van der Waals surface area contributed by atoms with E-state index in [2.05, 4.69) is 222 Å².